The zero-order valence-electron chi connectivity index (χ0n) is 11.8. The van der Waals surface area contributed by atoms with Gasteiger partial charge in [-0.2, -0.15) is 0 Å². The highest BCUT2D eigenvalue weighted by Gasteiger charge is 2.22. The Balaban J connectivity index is 2.72. The maximum Gasteiger partial charge on any atom is 0.263 e. The van der Waals surface area contributed by atoms with Gasteiger partial charge in [-0.05, 0) is 39.3 Å². The molecule has 0 saturated heterocycles. The van der Waals surface area contributed by atoms with Gasteiger partial charge >= 0.3 is 0 Å². The standard InChI is InChI=1S/C15H23NO2/c1-5-14(15(17)16(6-2)7-3)18-13-10-8-12(4)9-11-13/h8-11,14H,5-7H2,1-4H3/t14-/m0/s1. The second-order valence-electron chi connectivity index (χ2n) is 4.34. The van der Waals surface area contributed by atoms with Crippen molar-refractivity contribution in [2.75, 3.05) is 13.1 Å². The second-order valence-corrected chi connectivity index (χ2v) is 4.34. The van der Waals surface area contributed by atoms with E-state index in [2.05, 4.69) is 0 Å². The van der Waals surface area contributed by atoms with Gasteiger partial charge in [0.1, 0.15) is 5.75 Å². The fourth-order valence-electron chi connectivity index (χ4n) is 1.83. The summed E-state index contributed by atoms with van der Waals surface area (Å²) in [6, 6.07) is 7.80. The quantitative estimate of drug-likeness (QED) is 0.775. The van der Waals surface area contributed by atoms with Crippen LogP contribution in [0.2, 0.25) is 0 Å². The van der Waals surface area contributed by atoms with E-state index in [4.69, 9.17) is 4.74 Å². The first-order valence-corrected chi connectivity index (χ1v) is 6.64. The van der Waals surface area contributed by atoms with Crippen LogP contribution in [-0.4, -0.2) is 30.0 Å². The molecule has 1 aromatic carbocycles. The van der Waals surface area contributed by atoms with E-state index in [1.807, 2.05) is 56.9 Å². The molecule has 0 aliphatic rings. The predicted octanol–water partition coefficient (Wildman–Crippen LogP) is 3.02. The largest absolute Gasteiger partial charge is 0.481 e. The lowest BCUT2D eigenvalue weighted by molar-refractivity contribution is -0.138. The van der Waals surface area contributed by atoms with Gasteiger partial charge in [-0.3, -0.25) is 4.79 Å². The van der Waals surface area contributed by atoms with Crippen molar-refractivity contribution in [3.05, 3.63) is 29.8 Å². The van der Waals surface area contributed by atoms with Crippen LogP contribution < -0.4 is 4.74 Å². The van der Waals surface area contributed by atoms with Crippen LogP contribution in [0, 0.1) is 6.92 Å². The summed E-state index contributed by atoms with van der Waals surface area (Å²) in [5, 5.41) is 0. The minimum atomic E-state index is -0.382. The van der Waals surface area contributed by atoms with Crippen LogP contribution in [0.1, 0.15) is 32.8 Å². The Kier molecular flexibility index (Phi) is 5.69. The minimum Gasteiger partial charge on any atom is -0.481 e. The van der Waals surface area contributed by atoms with Crippen molar-refractivity contribution in [3.8, 4) is 5.75 Å². The van der Waals surface area contributed by atoms with Crippen molar-refractivity contribution in [1.29, 1.82) is 0 Å². The Labute approximate surface area is 110 Å². The third kappa shape index (κ3) is 3.76. The third-order valence-electron chi connectivity index (χ3n) is 3.02. The van der Waals surface area contributed by atoms with Gasteiger partial charge in [0.2, 0.25) is 0 Å². The summed E-state index contributed by atoms with van der Waals surface area (Å²) >= 11 is 0. The Morgan fingerprint density at radius 2 is 1.72 bits per heavy atom. The molecule has 0 fully saturated rings. The van der Waals surface area contributed by atoms with E-state index >= 15 is 0 Å². The van der Waals surface area contributed by atoms with E-state index in [0.29, 0.717) is 6.42 Å². The van der Waals surface area contributed by atoms with E-state index in [1.54, 1.807) is 0 Å². The summed E-state index contributed by atoms with van der Waals surface area (Å²) in [5.41, 5.74) is 1.19. The summed E-state index contributed by atoms with van der Waals surface area (Å²) in [6.45, 7) is 9.43. The summed E-state index contributed by atoms with van der Waals surface area (Å²) in [5.74, 6) is 0.830. The van der Waals surface area contributed by atoms with E-state index in [9.17, 15) is 4.79 Å². The number of rotatable bonds is 6. The zero-order valence-corrected chi connectivity index (χ0v) is 11.8. The number of ether oxygens (including phenoxy) is 1. The first kappa shape index (κ1) is 14.6. The van der Waals surface area contributed by atoms with E-state index < -0.39 is 0 Å². The lowest BCUT2D eigenvalue weighted by atomic mass is 10.2. The molecule has 0 heterocycles. The zero-order chi connectivity index (χ0) is 13.5. The van der Waals surface area contributed by atoms with Gasteiger partial charge in [-0.15, -0.1) is 0 Å². The highest BCUT2D eigenvalue weighted by Crippen LogP contribution is 2.15. The Bertz CT molecular complexity index is 369. The average Bonchev–Trinajstić information content (AvgIpc) is 2.39. The van der Waals surface area contributed by atoms with Gasteiger partial charge in [-0.1, -0.05) is 24.6 Å². The van der Waals surface area contributed by atoms with Crippen molar-refractivity contribution in [1.82, 2.24) is 4.90 Å². The number of hydrogen-bond donors (Lipinski definition) is 0. The topological polar surface area (TPSA) is 29.5 Å². The molecule has 1 atom stereocenters. The van der Waals surface area contributed by atoms with Crippen LogP contribution in [0.15, 0.2) is 24.3 Å². The summed E-state index contributed by atoms with van der Waals surface area (Å²) < 4.78 is 5.77. The Morgan fingerprint density at radius 1 is 1.17 bits per heavy atom. The van der Waals surface area contributed by atoms with Crippen LogP contribution in [0.5, 0.6) is 5.75 Å². The maximum atomic E-state index is 12.2. The molecule has 3 heteroatoms. The van der Waals surface area contributed by atoms with Crippen LogP contribution in [0.4, 0.5) is 0 Å². The van der Waals surface area contributed by atoms with Gasteiger partial charge in [0, 0.05) is 13.1 Å². The molecule has 0 unspecified atom stereocenters. The molecule has 1 amide bonds. The molecule has 0 spiro atoms. The summed E-state index contributed by atoms with van der Waals surface area (Å²) in [7, 11) is 0. The number of benzene rings is 1. The van der Waals surface area contributed by atoms with E-state index in [-0.39, 0.29) is 12.0 Å². The third-order valence-corrected chi connectivity index (χ3v) is 3.02. The van der Waals surface area contributed by atoms with Crippen LogP contribution in [0.3, 0.4) is 0 Å². The molecule has 0 N–H and O–H groups in total. The second kappa shape index (κ2) is 7.04. The number of aryl methyl sites for hydroxylation is 1. The number of likely N-dealkylation sites (N-methyl/N-ethyl adjacent to an activating group) is 1. The first-order chi connectivity index (χ1) is 8.62. The average molecular weight is 249 g/mol. The number of amides is 1. The number of hydrogen-bond acceptors (Lipinski definition) is 2. The van der Waals surface area contributed by atoms with Gasteiger partial charge in [0.15, 0.2) is 6.10 Å². The number of carbonyl (C=O) groups excluding carboxylic acids is 1. The number of nitrogens with zero attached hydrogens (tertiary/aromatic N) is 1. The van der Waals surface area contributed by atoms with Crippen molar-refractivity contribution in [2.45, 2.75) is 40.2 Å². The molecule has 0 aliphatic carbocycles. The first-order valence-electron chi connectivity index (χ1n) is 6.64. The molecule has 3 nitrogen and oxygen atoms in total. The smallest absolute Gasteiger partial charge is 0.263 e. The van der Waals surface area contributed by atoms with Crippen LogP contribution >= 0.6 is 0 Å². The van der Waals surface area contributed by atoms with Gasteiger partial charge in [0.05, 0.1) is 0 Å². The summed E-state index contributed by atoms with van der Waals surface area (Å²) in [4.78, 5) is 14.0. The van der Waals surface area contributed by atoms with Crippen molar-refractivity contribution in [2.24, 2.45) is 0 Å². The minimum absolute atomic E-state index is 0.0723. The van der Waals surface area contributed by atoms with E-state index in [0.717, 1.165) is 18.8 Å². The van der Waals surface area contributed by atoms with Crippen LogP contribution in [-0.2, 0) is 4.79 Å². The molecule has 0 bridgehead atoms. The maximum absolute atomic E-state index is 12.2. The molecule has 0 saturated carbocycles. The van der Waals surface area contributed by atoms with Gasteiger partial charge in [0.25, 0.3) is 5.91 Å². The molecule has 1 aromatic rings. The molecular formula is C15H23NO2. The van der Waals surface area contributed by atoms with Gasteiger partial charge in [-0.25, -0.2) is 0 Å². The molecule has 18 heavy (non-hydrogen) atoms. The molecule has 1 rings (SSSR count). The molecular weight excluding hydrogens is 226 g/mol. The highest BCUT2D eigenvalue weighted by atomic mass is 16.5. The Morgan fingerprint density at radius 3 is 2.17 bits per heavy atom. The van der Waals surface area contributed by atoms with Crippen molar-refractivity contribution < 1.29 is 9.53 Å². The number of carbonyl (C=O) groups is 1. The molecule has 0 radical (unpaired) electrons. The highest BCUT2D eigenvalue weighted by molar-refractivity contribution is 5.81. The Hall–Kier alpha value is -1.51. The van der Waals surface area contributed by atoms with E-state index in [1.165, 1.54) is 5.56 Å². The SMILES string of the molecule is CC[C@H](Oc1ccc(C)cc1)C(=O)N(CC)CC. The monoisotopic (exact) mass is 249 g/mol. The fourth-order valence-corrected chi connectivity index (χ4v) is 1.83. The molecule has 100 valence electrons. The molecule has 0 aromatic heterocycles. The molecule has 0 aliphatic heterocycles. The van der Waals surface area contributed by atoms with Gasteiger partial charge < -0.3 is 9.64 Å². The lowest BCUT2D eigenvalue weighted by Gasteiger charge is -2.25. The van der Waals surface area contributed by atoms with Crippen molar-refractivity contribution >= 4 is 5.91 Å². The van der Waals surface area contributed by atoms with Crippen molar-refractivity contribution in [3.63, 3.8) is 0 Å². The predicted molar refractivity (Wildman–Crippen MR) is 73.8 cm³/mol. The fraction of sp³-hybridized carbons (Fsp3) is 0.533. The normalized spacial score (nSPS) is 12.0. The summed E-state index contributed by atoms with van der Waals surface area (Å²) in [6.07, 6.45) is 0.302. The lowest BCUT2D eigenvalue weighted by Crippen LogP contribution is -2.41. The van der Waals surface area contributed by atoms with Crippen LogP contribution in [0.25, 0.3) is 0 Å².